The minimum absolute atomic E-state index is 0.00199. The number of benzene rings is 1. The molecule has 37 heavy (non-hydrogen) atoms. The van der Waals surface area contributed by atoms with Crippen molar-refractivity contribution < 1.29 is 9.59 Å². The van der Waals surface area contributed by atoms with E-state index in [1.54, 1.807) is 24.4 Å². The summed E-state index contributed by atoms with van der Waals surface area (Å²) in [6, 6.07) is 7.09. The van der Waals surface area contributed by atoms with Crippen molar-refractivity contribution in [3.8, 4) is 0 Å². The highest BCUT2D eigenvalue weighted by molar-refractivity contribution is 6.35. The Bertz CT molecular complexity index is 1270. The second-order valence-corrected chi connectivity index (χ2v) is 10.6. The zero-order chi connectivity index (χ0) is 25.9. The lowest BCUT2D eigenvalue weighted by Crippen LogP contribution is -2.48. The van der Waals surface area contributed by atoms with Crippen molar-refractivity contribution >= 4 is 57.4 Å². The fourth-order valence-electron chi connectivity index (χ4n) is 4.98. The summed E-state index contributed by atoms with van der Waals surface area (Å²) in [5.41, 5.74) is 2.78. The van der Waals surface area contributed by atoms with E-state index < -0.39 is 0 Å². The number of H-pyrrole nitrogens is 1. The molecule has 1 aromatic carbocycles. The number of nitrogens with zero attached hydrogens (tertiary/aromatic N) is 4. The molecule has 2 fully saturated rings. The number of amides is 2. The van der Waals surface area contributed by atoms with E-state index in [2.05, 4.69) is 32.5 Å². The number of likely N-dealkylation sites (N-methyl/N-ethyl adjacent to an activating group) is 1. The Morgan fingerprint density at radius 3 is 2.59 bits per heavy atom. The summed E-state index contributed by atoms with van der Waals surface area (Å²) in [6.07, 6.45) is 5.26. The number of fused-ring (bicyclic) bond motifs is 1. The molecule has 2 aromatic heterocycles. The summed E-state index contributed by atoms with van der Waals surface area (Å²) in [4.78, 5) is 40.1. The van der Waals surface area contributed by atoms with E-state index >= 15 is 0 Å². The summed E-state index contributed by atoms with van der Waals surface area (Å²) in [6.45, 7) is 4.47. The van der Waals surface area contributed by atoms with Crippen molar-refractivity contribution in [2.75, 3.05) is 63.5 Å². The van der Waals surface area contributed by atoms with Gasteiger partial charge in [0.1, 0.15) is 5.65 Å². The molecule has 0 aliphatic carbocycles. The molecule has 3 aromatic rings. The lowest BCUT2D eigenvalue weighted by atomic mass is 10.0. The van der Waals surface area contributed by atoms with Gasteiger partial charge < -0.3 is 30.3 Å². The van der Waals surface area contributed by atoms with E-state index in [4.69, 9.17) is 23.2 Å². The van der Waals surface area contributed by atoms with Gasteiger partial charge in [0.2, 0.25) is 5.91 Å². The van der Waals surface area contributed by atoms with Gasteiger partial charge in [0, 0.05) is 78.8 Å². The molecule has 3 N–H and O–H groups in total. The molecule has 5 rings (SSSR count). The van der Waals surface area contributed by atoms with Crippen molar-refractivity contribution in [1.29, 1.82) is 0 Å². The van der Waals surface area contributed by atoms with Crippen LogP contribution in [0.3, 0.4) is 0 Å². The van der Waals surface area contributed by atoms with Gasteiger partial charge in [-0.2, -0.15) is 0 Å². The van der Waals surface area contributed by atoms with Crippen LogP contribution in [0.25, 0.3) is 11.0 Å². The average molecular weight is 544 g/mol. The van der Waals surface area contributed by atoms with Crippen LogP contribution in [0.15, 0.2) is 36.7 Å². The van der Waals surface area contributed by atoms with Crippen molar-refractivity contribution in [2.45, 2.75) is 18.9 Å². The van der Waals surface area contributed by atoms with Gasteiger partial charge in [0.05, 0.1) is 17.8 Å². The second-order valence-electron chi connectivity index (χ2n) is 9.72. The highest BCUT2D eigenvalue weighted by atomic mass is 35.5. The van der Waals surface area contributed by atoms with Gasteiger partial charge >= 0.3 is 0 Å². The highest BCUT2D eigenvalue weighted by Crippen LogP contribution is 2.29. The minimum Gasteiger partial charge on any atom is -0.379 e. The quantitative estimate of drug-likeness (QED) is 0.438. The molecule has 11 heteroatoms. The number of aromatic amines is 1. The van der Waals surface area contributed by atoms with E-state index in [0.29, 0.717) is 47.5 Å². The van der Waals surface area contributed by atoms with Crippen molar-refractivity contribution in [3.63, 3.8) is 0 Å². The van der Waals surface area contributed by atoms with Crippen LogP contribution >= 0.6 is 23.2 Å². The van der Waals surface area contributed by atoms with Crippen LogP contribution < -0.4 is 10.6 Å². The number of hydrogen-bond donors (Lipinski definition) is 3. The smallest absolute Gasteiger partial charge is 0.257 e. The molecule has 4 heterocycles. The highest BCUT2D eigenvalue weighted by Gasteiger charge is 2.28. The summed E-state index contributed by atoms with van der Waals surface area (Å²) >= 11 is 12.1. The van der Waals surface area contributed by atoms with Gasteiger partial charge in [-0.15, -0.1) is 0 Å². The van der Waals surface area contributed by atoms with Crippen LogP contribution in [-0.2, 0) is 4.79 Å². The number of piperazine rings is 1. The summed E-state index contributed by atoms with van der Waals surface area (Å²) in [5, 5.41) is 8.64. The van der Waals surface area contributed by atoms with Crippen LogP contribution in [0.2, 0.25) is 10.0 Å². The van der Waals surface area contributed by atoms with E-state index in [-0.39, 0.29) is 24.4 Å². The molecule has 0 bridgehead atoms. The second kappa shape index (κ2) is 11.2. The lowest BCUT2D eigenvalue weighted by molar-refractivity contribution is -0.130. The molecular formula is C26H31Cl2N7O2. The van der Waals surface area contributed by atoms with E-state index in [9.17, 15) is 9.59 Å². The number of aromatic nitrogens is 2. The number of anilines is 2. The topological polar surface area (TPSA) is 96.6 Å². The van der Waals surface area contributed by atoms with Gasteiger partial charge in [-0.1, -0.05) is 23.2 Å². The molecular weight excluding hydrogens is 513 g/mol. The minimum atomic E-state index is -0.0145. The summed E-state index contributed by atoms with van der Waals surface area (Å²) in [7, 11) is 2.07. The largest absolute Gasteiger partial charge is 0.379 e. The molecule has 9 nitrogen and oxygen atoms in total. The molecule has 0 spiro atoms. The maximum Gasteiger partial charge on any atom is 0.257 e. The van der Waals surface area contributed by atoms with Crippen LogP contribution in [0, 0.1) is 0 Å². The Labute approximate surface area is 226 Å². The van der Waals surface area contributed by atoms with Crippen LogP contribution in [0.5, 0.6) is 0 Å². The molecule has 2 aliphatic rings. The van der Waals surface area contributed by atoms with Crippen LogP contribution in [0.1, 0.15) is 23.2 Å². The van der Waals surface area contributed by atoms with Crippen LogP contribution in [0.4, 0.5) is 11.4 Å². The monoisotopic (exact) mass is 543 g/mol. The van der Waals surface area contributed by atoms with Crippen molar-refractivity contribution in [1.82, 2.24) is 24.7 Å². The fraction of sp³-hybridized carbons (Fsp3) is 0.423. The van der Waals surface area contributed by atoms with Gasteiger partial charge in [0.15, 0.2) is 0 Å². The SMILES string of the molecule is CN1CCN(C(=O)c2cnc3[nH]ccc3c2N[C@@H]2CCCN(C(=O)CNc3cc(Cl)cc(Cl)c3)C2)CC1. The van der Waals surface area contributed by atoms with Crippen LogP contribution in [-0.4, -0.2) is 95.4 Å². The number of hydrogen-bond acceptors (Lipinski definition) is 6. The zero-order valence-electron chi connectivity index (χ0n) is 20.8. The number of halogens is 2. The first kappa shape index (κ1) is 25.6. The number of likely N-dealkylation sites (tertiary alicyclic amines) is 1. The molecule has 0 radical (unpaired) electrons. The van der Waals surface area contributed by atoms with E-state index in [1.165, 1.54) is 0 Å². The number of pyridine rings is 1. The maximum absolute atomic E-state index is 13.5. The lowest BCUT2D eigenvalue weighted by Gasteiger charge is -2.35. The zero-order valence-corrected chi connectivity index (χ0v) is 22.3. The number of piperidine rings is 1. The summed E-state index contributed by atoms with van der Waals surface area (Å²) < 4.78 is 0. The third-order valence-corrected chi connectivity index (χ3v) is 7.47. The van der Waals surface area contributed by atoms with Crippen molar-refractivity contribution in [2.24, 2.45) is 0 Å². The Hall–Kier alpha value is -3.01. The first-order valence-corrected chi connectivity index (χ1v) is 13.3. The number of nitrogens with one attached hydrogen (secondary N) is 3. The maximum atomic E-state index is 13.5. The fourth-order valence-corrected chi connectivity index (χ4v) is 5.50. The molecule has 196 valence electrons. The molecule has 2 amide bonds. The molecule has 2 aliphatic heterocycles. The Morgan fingerprint density at radius 1 is 1.08 bits per heavy atom. The average Bonchev–Trinajstić information content (AvgIpc) is 3.37. The predicted octanol–water partition coefficient (Wildman–Crippen LogP) is 3.77. The van der Waals surface area contributed by atoms with Gasteiger partial charge in [-0.05, 0) is 44.2 Å². The number of carbonyl (C=O) groups excluding carboxylic acids is 2. The molecule has 1 atom stereocenters. The van der Waals surface area contributed by atoms with E-state index in [0.717, 1.165) is 42.7 Å². The molecule has 0 unspecified atom stereocenters. The predicted molar refractivity (Wildman–Crippen MR) is 148 cm³/mol. The van der Waals surface area contributed by atoms with Crippen molar-refractivity contribution in [3.05, 3.63) is 52.3 Å². The Balaban J connectivity index is 1.29. The van der Waals surface area contributed by atoms with Gasteiger partial charge in [0.25, 0.3) is 5.91 Å². The standard InChI is InChI=1S/C26H31Cl2N7O2/c1-33-7-9-34(10-8-33)26(37)22-14-31-25-21(4-5-29-25)24(22)32-19-3-2-6-35(16-19)23(36)15-30-20-12-17(27)11-18(28)13-20/h4-5,11-14,19,30H,2-3,6-10,15-16H2,1H3,(H2,29,31,32)/t19-/m1/s1. The molecule has 2 saturated heterocycles. The normalized spacial score (nSPS) is 18.7. The summed E-state index contributed by atoms with van der Waals surface area (Å²) in [5.74, 6) is -0.0165. The first-order chi connectivity index (χ1) is 17.9. The first-order valence-electron chi connectivity index (χ1n) is 12.6. The van der Waals surface area contributed by atoms with Gasteiger partial charge in [-0.3, -0.25) is 9.59 Å². The number of carbonyl (C=O) groups is 2. The Morgan fingerprint density at radius 2 is 1.84 bits per heavy atom. The van der Waals surface area contributed by atoms with Gasteiger partial charge in [-0.25, -0.2) is 4.98 Å². The third kappa shape index (κ3) is 5.95. The van der Waals surface area contributed by atoms with E-state index in [1.807, 2.05) is 22.1 Å². The Kier molecular flexibility index (Phi) is 7.73. The molecule has 0 saturated carbocycles. The third-order valence-electron chi connectivity index (χ3n) is 7.04. The number of rotatable bonds is 6.